The van der Waals surface area contributed by atoms with Crippen molar-refractivity contribution in [2.24, 2.45) is 0 Å². The van der Waals surface area contributed by atoms with Crippen molar-refractivity contribution >= 4 is 5.91 Å². The summed E-state index contributed by atoms with van der Waals surface area (Å²) in [5.41, 5.74) is 2.08. The number of aliphatic hydroxyl groups excluding tert-OH is 1. The predicted octanol–water partition coefficient (Wildman–Crippen LogP) is 2.03. The first-order chi connectivity index (χ1) is 10.2. The number of aryl methyl sites for hydroxylation is 1. The molecule has 1 heterocycles. The summed E-state index contributed by atoms with van der Waals surface area (Å²) in [7, 11) is 0. The Bertz CT molecular complexity index is 570. The molecule has 1 amide bonds. The van der Waals surface area contributed by atoms with Crippen molar-refractivity contribution in [1.82, 2.24) is 15.3 Å². The van der Waals surface area contributed by atoms with Gasteiger partial charge in [0.1, 0.15) is 5.69 Å². The Morgan fingerprint density at radius 1 is 1.24 bits per heavy atom. The summed E-state index contributed by atoms with van der Waals surface area (Å²) in [4.78, 5) is 20.4. The molecule has 0 saturated carbocycles. The molecule has 110 valence electrons. The monoisotopic (exact) mass is 285 g/mol. The van der Waals surface area contributed by atoms with Crippen molar-refractivity contribution in [3.05, 3.63) is 59.7 Å². The topological polar surface area (TPSA) is 75.1 Å². The molecule has 2 N–H and O–H groups in total. The maximum Gasteiger partial charge on any atom is 0.271 e. The largest absolute Gasteiger partial charge is 0.396 e. The molecule has 1 unspecified atom stereocenters. The van der Waals surface area contributed by atoms with Gasteiger partial charge in [0.05, 0.1) is 17.9 Å². The van der Waals surface area contributed by atoms with Crippen LogP contribution >= 0.6 is 0 Å². The molecule has 0 bridgehead atoms. The van der Waals surface area contributed by atoms with Gasteiger partial charge < -0.3 is 10.4 Å². The first-order valence-corrected chi connectivity index (χ1v) is 6.96. The zero-order valence-electron chi connectivity index (χ0n) is 12.0. The van der Waals surface area contributed by atoms with Gasteiger partial charge in [-0.1, -0.05) is 30.3 Å². The molecule has 0 aliphatic heterocycles. The van der Waals surface area contributed by atoms with Crippen LogP contribution in [0.2, 0.25) is 0 Å². The van der Waals surface area contributed by atoms with Gasteiger partial charge in [-0.2, -0.15) is 0 Å². The Morgan fingerprint density at radius 3 is 2.62 bits per heavy atom. The highest BCUT2D eigenvalue weighted by atomic mass is 16.3. The van der Waals surface area contributed by atoms with Gasteiger partial charge in [0.15, 0.2) is 0 Å². The molecule has 5 heteroatoms. The van der Waals surface area contributed by atoms with E-state index in [0.717, 1.165) is 11.3 Å². The molecular weight excluding hydrogens is 266 g/mol. The third-order valence-corrected chi connectivity index (χ3v) is 3.17. The molecule has 0 radical (unpaired) electrons. The van der Waals surface area contributed by atoms with E-state index < -0.39 is 0 Å². The maximum absolute atomic E-state index is 12.2. The molecular formula is C16H19N3O2. The third kappa shape index (κ3) is 4.36. The van der Waals surface area contributed by atoms with E-state index in [-0.39, 0.29) is 18.6 Å². The SMILES string of the molecule is Cc1cnc(C(=O)NC(CCCO)c2ccccc2)cn1. The highest BCUT2D eigenvalue weighted by Crippen LogP contribution is 2.18. The fourth-order valence-corrected chi connectivity index (χ4v) is 2.04. The second-order valence-corrected chi connectivity index (χ2v) is 4.85. The molecule has 0 spiro atoms. The summed E-state index contributed by atoms with van der Waals surface area (Å²) in [6.07, 6.45) is 4.34. The number of hydrogen-bond acceptors (Lipinski definition) is 4. The lowest BCUT2D eigenvalue weighted by atomic mass is 10.0. The Balaban J connectivity index is 2.11. The summed E-state index contributed by atoms with van der Waals surface area (Å²) >= 11 is 0. The van der Waals surface area contributed by atoms with Crippen LogP contribution in [0.15, 0.2) is 42.7 Å². The summed E-state index contributed by atoms with van der Waals surface area (Å²) in [6.45, 7) is 1.92. The minimum atomic E-state index is -0.255. The number of nitrogens with one attached hydrogen (secondary N) is 1. The van der Waals surface area contributed by atoms with Gasteiger partial charge in [-0.3, -0.25) is 9.78 Å². The average molecular weight is 285 g/mol. The van der Waals surface area contributed by atoms with E-state index in [1.807, 2.05) is 37.3 Å². The lowest BCUT2D eigenvalue weighted by Gasteiger charge is -2.18. The molecule has 0 fully saturated rings. The zero-order valence-corrected chi connectivity index (χ0v) is 12.0. The molecule has 0 aliphatic carbocycles. The standard InChI is InChI=1S/C16H19N3O2/c1-12-10-18-15(11-17-12)16(21)19-14(8-5-9-20)13-6-3-2-4-7-13/h2-4,6-7,10-11,14,20H,5,8-9H2,1H3,(H,19,21). The fraction of sp³-hybridized carbons (Fsp3) is 0.312. The van der Waals surface area contributed by atoms with Crippen molar-refractivity contribution in [3.8, 4) is 0 Å². The van der Waals surface area contributed by atoms with Crippen molar-refractivity contribution in [3.63, 3.8) is 0 Å². The van der Waals surface area contributed by atoms with Crippen LogP contribution in [-0.2, 0) is 0 Å². The van der Waals surface area contributed by atoms with Crippen molar-refractivity contribution in [2.45, 2.75) is 25.8 Å². The Kier molecular flexibility index (Phi) is 5.40. The minimum Gasteiger partial charge on any atom is -0.396 e. The van der Waals surface area contributed by atoms with Crippen LogP contribution in [0.1, 0.15) is 40.6 Å². The van der Waals surface area contributed by atoms with Crippen LogP contribution in [0.5, 0.6) is 0 Å². The van der Waals surface area contributed by atoms with E-state index in [0.29, 0.717) is 18.5 Å². The number of aromatic nitrogens is 2. The Hall–Kier alpha value is -2.27. The highest BCUT2D eigenvalue weighted by Gasteiger charge is 2.16. The molecule has 1 aromatic heterocycles. The van der Waals surface area contributed by atoms with Crippen LogP contribution in [0.4, 0.5) is 0 Å². The number of aliphatic hydroxyl groups is 1. The molecule has 0 aliphatic rings. The number of carbonyl (C=O) groups is 1. The minimum absolute atomic E-state index is 0.101. The summed E-state index contributed by atoms with van der Waals surface area (Å²) in [6, 6.07) is 9.57. The van der Waals surface area contributed by atoms with E-state index in [1.165, 1.54) is 6.20 Å². The van der Waals surface area contributed by atoms with E-state index in [4.69, 9.17) is 5.11 Å². The average Bonchev–Trinajstić information content (AvgIpc) is 2.52. The zero-order chi connectivity index (χ0) is 15.1. The fourth-order valence-electron chi connectivity index (χ4n) is 2.04. The van der Waals surface area contributed by atoms with Crippen LogP contribution < -0.4 is 5.32 Å². The van der Waals surface area contributed by atoms with Gasteiger partial charge in [-0.25, -0.2) is 4.98 Å². The first-order valence-electron chi connectivity index (χ1n) is 6.96. The van der Waals surface area contributed by atoms with Gasteiger partial charge in [-0.05, 0) is 25.3 Å². The van der Waals surface area contributed by atoms with Crippen LogP contribution in [0, 0.1) is 6.92 Å². The number of amides is 1. The molecule has 1 atom stereocenters. The van der Waals surface area contributed by atoms with Crippen LogP contribution in [0.3, 0.4) is 0 Å². The van der Waals surface area contributed by atoms with Gasteiger partial charge in [0.25, 0.3) is 5.91 Å². The van der Waals surface area contributed by atoms with E-state index in [1.54, 1.807) is 6.20 Å². The summed E-state index contributed by atoms with van der Waals surface area (Å²) < 4.78 is 0. The lowest BCUT2D eigenvalue weighted by molar-refractivity contribution is 0.0927. The Labute approximate surface area is 124 Å². The van der Waals surface area contributed by atoms with Crippen LogP contribution in [0.25, 0.3) is 0 Å². The second kappa shape index (κ2) is 7.50. The third-order valence-electron chi connectivity index (χ3n) is 3.17. The second-order valence-electron chi connectivity index (χ2n) is 4.85. The number of nitrogens with zero attached hydrogens (tertiary/aromatic N) is 2. The molecule has 2 rings (SSSR count). The van der Waals surface area contributed by atoms with E-state index in [2.05, 4.69) is 15.3 Å². The van der Waals surface area contributed by atoms with Crippen molar-refractivity contribution in [1.29, 1.82) is 0 Å². The molecule has 5 nitrogen and oxygen atoms in total. The number of carbonyl (C=O) groups excluding carboxylic acids is 1. The van der Waals surface area contributed by atoms with E-state index >= 15 is 0 Å². The van der Waals surface area contributed by atoms with Crippen LogP contribution in [-0.4, -0.2) is 27.6 Å². The van der Waals surface area contributed by atoms with Crippen molar-refractivity contribution < 1.29 is 9.90 Å². The number of rotatable bonds is 6. The summed E-state index contributed by atoms with van der Waals surface area (Å²) in [5, 5.41) is 12.0. The van der Waals surface area contributed by atoms with Gasteiger partial charge in [0, 0.05) is 12.8 Å². The van der Waals surface area contributed by atoms with Gasteiger partial charge in [0.2, 0.25) is 0 Å². The smallest absolute Gasteiger partial charge is 0.271 e. The molecule has 1 aromatic carbocycles. The maximum atomic E-state index is 12.2. The van der Waals surface area contributed by atoms with Gasteiger partial charge in [-0.15, -0.1) is 0 Å². The molecule has 0 saturated heterocycles. The predicted molar refractivity (Wildman–Crippen MR) is 79.7 cm³/mol. The highest BCUT2D eigenvalue weighted by molar-refractivity contribution is 5.92. The molecule has 21 heavy (non-hydrogen) atoms. The Morgan fingerprint density at radius 2 is 2.00 bits per heavy atom. The normalized spacial score (nSPS) is 11.9. The molecule has 2 aromatic rings. The van der Waals surface area contributed by atoms with E-state index in [9.17, 15) is 4.79 Å². The number of benzene rings is 1. The lowest BCUT2D eigenvalue weighted by Crippen LogP contribution is -2.29. The number of hydrogen-bond donors (Lipinski definition) is 2. The first kappa shape index (κ1) is 15.1. The van der Waals surface area contributed by atoms with Gasteiger partial charge >= 0.3 is 0 Å². The quantitative estimate of drug-likeness (QED) is 0.851. The van der Waals surface area contributed by atoms with Crippen molar-refractivity contribution in [2.75, 3.05) is 6.61 Å². The summed E-state index contributed by atoms with van der Waals surface area (Å²) in [5.74, 6) is -0.255.